The first-order valence-corrected chi connectivity index (χ1v) is 11.4. The van der Waals surface area contributed by atoms with Crippen LogP contribution in [0.25, 0.3) is 0 Å². The lowest BCUT2D eigenvalue weighted by molar-refractivity contribution is -0.937. The Balaban J connectivity index is 1.31. The summed E-state index contributed by atoms with van der Waals surface area (Å²) in [7, 11) is 0. The van der Waals surface area contributed by atoms with Crippen molar-refractivity contribution in [2.24, 2.45) is 5.92 Å². The summed E-state index contributed by atoms with van der Waals surface area (Å²) in [5, 5.41) is 2.70. The number of aromatic nitrogens is 3. The molecule has 2 amide bonds. The average Bonchev–Trinajstić information content (AvgIpc) is 2.81. The number of fused-ring (bicyclic) bond motifs is 4. The van der Waals surface area contributed by atoms with E-state index < -0.39 is 5.91 Å². The zero-order valence-electron chi connectivity index (χ0n) is 18.3. The van der Waals surface area contributed by atoms with Gasteiger partial charge in [0, 0.05) is 69.3 Å². The van der Waals surface area contributed by atoms with Crippen molar-refractivity contribution in [2.75, 3.05) is 31.5 Å². The molecule has 2 aromatic rings. The van der Waals surface area contributed by atoms with E-state index in [0.29, 0.717) is 24.4 Å². The van der Waals surface area contributed by atoms with Gasteiger partial charge in [-0.1, -0.05) is 0 Å². The summed E-state index contributed by atoms with van der Waals surface area (Å²) < 4.78 is 1.86. The lowest BCUT2D eigenvalue weighted by Gasteiger charge is -2.45. The third-order valence-electron chi connectivity index (χ3n) is 7.31. The van der Waals surface area contributed by atoms with Crippen molar-refractivity contribution in [3.63, 3.8) is 0 Å². The molecule has 3 aliphatic heterocycles. The van der Waals surface area contributed by atoms with Crippen molar-refractivity contribution >= 4 is 17.5 Å². The van der Waals surface area contributed by atoms with Crippen LogP contribution in [0.2, 0.25) is 0 Å². The Labute approximate surface area is 186 Å². The summed E-state index contributed by atoms with van der Waals surface area (Å²) in [5.41, 5.74) is 1.39. The van der Waals surface area contributed by atoms with Gasteiger partial charge in [-0.3, -0.25) is 19.4 Å². The van der Waals surface area contributed by atoms with Crippen LogP contribution in [-0.2, 0) is 11.3 Å². The number of anilines is 1. The molecule has 0 saturated carbocycles. The van der Waals surface area contributed by atoms with E-state index in [2.05, 4.69) is 15.3 Å². The summed E-state index contributed by atoms with van der Waals surface area (Å²) in [4.78, 5) is 48.7. The molecule has 168 valence electrons. The van der Waals surface area contributed by atoms with Crippen LogP contribution in [0.5, 0.6) is 0 Å². The number of carbonyl (C=O) groups excluding carboxylic acids is 2. The van der Waals surface area contributed by atoms with Gasteiger partial charge < -0.3 is 19.7 Å². The Morgan fingerprint density at radius 1 is 1.16 bits per heavy atom. The van der Waals surface area contributed by atoms with Gasteiger partial charge >= 0.3 is 0 Å². The average molecular weight is 438 g/mol. The number of hydrogen-bond donors (Lipinski definition) is 2. The number of pyridine rings is 1. The van der Waals surface area contributed by atoms with Crippen LogP contribution in [0.15, 0.2) is 35.5 Å². The van der Waals surface area contributed by atoms with Gasteiger partial charge in [0.15, 0.2) is 0 Å². The van der Waals surface area contributed by atoms with Gasteiger partial charge in [0.25, 0.3) is 11.5 Å². The number of hydrogen-bond acceptors (Lipinski definition) is 5. The molecule has 3 atom stereocenters. The fraction of sp³-hybridized carbons (Fsp3) is 0.522. The number of carbonyl (C=O) groups is 2. The van der Waals surface area contributed by atoms with Crippen molar-refractivity contribution in [3.05, 3.63) is 52.5 Å². The predicted octanol–water partition coefficient (Wildman–Crippen LogP) is -0.0965. The van der Waals surface area contributed by atoms with Crippen LogP contribution >= 0.6 is 0 Å². The smallest absolute Gasteiger partial charge is 0.276 e. The zero-order chi connectivity index (χ0) is 22.2. The highest BCUT2D eigenvalue weighted by Gasteiger charge is 2.41. The standard InChI is InChI=1S/C23H28N6O3/c1-15(30)27-8-4-18(5-9-27)28-12-16-10-17(14-28)21-3-2-19(23(32)29(21)13-16)26-22(31)20-11-24-6-7-25-20/h2-3,6-7,11,16-18H,4-5,8-10,12-14H2,1H3,(H,26,31)/p+1/t16-,17+/m0/s1. The van der Waals surface area contributed by atoms with E-state index in [-0.39, 0.29) is 22.8 Å². The second-order valence-corrected chi connectivity index (χ2v) is 9.28. The molecule has 2 bridgehead atoms. The van der Waals surface area contributed by atoms with Gasteiger partial charge in [-0.25, -0.2) is 4.98 Å². The summed E-state index contributed by atoms with van der Waals surface area (Å²) in [6, 6.07) is 4.30. The molecule has 9 nitrogen and oxygen atoms in total. The van der Waals surface area contributed by atoms with E-state index in [9.17, 15) is 14.4 Å². The minimum atomic E-state index is -0.431. The highest BCUT2D eigenvalue weighted by molar-refractivity contribution is 6.02. The first kappa shape index (κ1) is 20.8. The van der Waals surface area contributed by atoms with Gasteiger partial charge in [0.05, 0.1) is 25.3 Å². The number of likely N-dealkylation sites (tertiary alicyclic amines) is 2. The van der Waals surface area contributed by atoms with Crippen LogP contribution in [0.1, 0.15) is 48.3 Å². The zero-order valence-corrected chi connectivity index (χ0v) is 18.3. The summed E-state index contributed by atoms with van der Waals surface area (Å²) in [6.45, 7) is 6.12. The van der Waals surface area contributed by atoms with Crippen LogP contribution in [-0.4, -0.2) is 63.5 Å². The van der Waals surface area contributed by atoms with Gasteiger partial charge in [0.2, 0.25) is 5.91 Å². The molecule has 2 saturated heterocycles. The normalized spacial score (nSPS) is 25.2. The molecule has 2 fully saturated rings. The highest BCUT2D eigenvalue weighted by atomic mass is 16.2. The summed E-state index contributed by atoms with van der Waals surface area (Å²) in [6.07, 6.45) is 7.55. The Kier molecular flexibility index (Phi) is 5.50. The molecule has 5 rings (SSSR count). The minimum Gasteiger partial charge on any atom is -0.342 e. The molecular formula is C23H29N6O3+. The Hall–Kier alpha value is -3.07. The molecule has 2 N–H and O–H groups in total. The number of nitrogens with zero attached hydrogens (tertiary/aromatic N) is 4. The number of piperidine rings is 2. The summed E-state index contributed by atoms with van der Waals surface area (Å²) >= 11 is 0. The fourth-order valence-electron chi connectivity index (χ4n) is 5.73. The first-order chi connectivity index (χ1) is 15.5. The predicted molar refractivity (Wildman–Crippen MR) is 118 cm³/mol. The second kappa shape index (κ2) is 8.46. The second-order valence-electron chi connectivity index (χ2n) is 9.28. The van der Waals surface area contributed by atoms with E-state index in [1.807, 2.05) is 15.5 Å². The monoisotopic (exact) mass is 437 g/mol. The number of amides is 2. The van der Waals surface area contributed by atoms with Crippen molar-refractivity contribution in [3.8, 4) is 0 Å². The highest BCUT2D eigenvalue weighted by Crippen LogP contribution is 2.31. The topological polar surface area (TPSA) is 102 Å². The molecule has 5 heterocycles. The molecule has 0 radical (unpaired) electrons. The van der Waals surface area contributed by atoms with E-state index in [4.69, 9.17) is 0 Å². The molecule has 0 aliphatic carbocycles. The first-order valence-electron chi connectivity index (χ1n) is 11.4. The van der Waals surface area contributed by atoms with Crippen LogP contribution in [0, 0.1) is 5.92 Å². The maximum atomic E-state index is 13.2. The number of quaternary nitrogens is 1. The quantitative estimate of drug-likeness (QED) is 0.699. The van der Waals surface area contributed by atoms with E-state index >= 15 is 0 Å². The molecule has 32 heavy (non-hydrogen) atoms. The Bertz CT molecular complexity index is 1080. The Morgan fingerprint density at radius 2 is 1.97 bits per heavy atom. The van der Waals surface area contributed by atoms with Gasteiger partial charge in [0.1, 0.15) is 11.4 Å². The van der Waals surface area contributed by atoms with Crippen LogP contribution in [0.3, 0.4) is 0 Å². The molecule has 0 aromatic carbocycles. The number of nitrogens with one attached hydrogen (secondary N) is 2. The Morgan fingerprint density at radius 3 is 2.69 bits per heavy atom. The van der Waals surface area contributed by atoms with Crippen molar-refractivity contribution in [1.29, 1.82) is 0 Å². The largest absolute Gasteiger partial charge is 0.342 e. The molecule has 0 spiro atoms. The lowest BCUT2D eigenvalue weighted by atomic mass is 9.82. The van der Waals surface area contributed by atoms with Crippen molar-refractivity contribution in [1.82, 2.24) is 19.4 Å². The number of rotatable bonds is 3. The minimum absolute atomic E-state index is 0.146. The molecule has 1 unspecified atom stereocenters. The van der Waals surface area contributed by atoms with Crippen molar-refractivity contribution in [2.45, 2.75) is 44.7 Å². The van der Waals surface area contributed by atoms with Crippen molar-refractivity contribution < 1.29 is 14.5 Å². The van der Waals surface area contributed by atoms with Gasteiger partial charge in [-0.05, 0) is 18.6 Å². The maximum Gasteiger partial charge on any atom is 0.276 e. The third-order valence-corrected chi connectivity index (χ3v) is 7.31. The van der Waals surface area contributed by atoms with Gasteiger partial charge in [-0.15, -0.1) is 0 Å². The maximum absolute atomic E-state index is 13.2. The van der Waals surface area contributed by atoms with Crippen LogP contribution < -0.4 is 15.8 Å². The molecule has 9 heteroatoms. The van der Waals surface area contributed by atoms with E-state index in [1.165, 1.54) is 18.6 Å². The summed E-state index contributed by atoms with van der Waals surface area (Å²) in [5.74, 6) is 0.537. The molecular weight excluding hydrogens is 408 g/mol. The molecule has 3 aliphatic rings. The van der Waals surface area contributed by atoms with E-state index in [1.54, 1.807) is 17.9 Å². The SMILES string of the molecule is CC(=O)N1CCC([NH+]2C[C@@H]3C[C@H](C2)c2ccc(NC(=O)c4cnccn4)c(=O)n2C3)CC1. The lowest BCUT2D eigenvalue weighted by Crippen LogP contribution is -3.18. The van der Waals surface area contributed by atoms with Crippen LogP contribution in [0.4, 0.5) is 5.69 Å². The van der Waals surface area contributed by atoms with E-state index in [0.717, 1.165) is 51.1 Å². The molecule has 2 aromatic heterocycles. The third kappa shape index (κ3) is 3.92. The fourth-order valence-corrected chi connectivity index (χ4v) is 5.73. The van der Waals surface area contributed by atoms with Gasteiger partial charge in [-0.2, -0.15) is 0 Å².